The van der Waals surface area contributed by atoms with Crippen molar-refractivity contribution in [1.29, 1.82) is 0 Å². The number of ether oxygens (including phenoxy) is 1. The molecule has 0 amide bonds. The van der Waals surface area contributed by atoms with Gasteiger partial charge in [0.05, 0.1) is 0 Å². The van der Waals surface area contributed by atoms with Crippen molar-refractivity contribution in [3.8, 4) is 5.75 Å². The predicted octanol–water partition coefficient (Wildman–Crippen LogP) is 4.56. The monoisotopic (exact) mass is 324 g/mol. The van der Waals surface area contributed by atoms with E-state index in [1.807, 2.05) is 6.07 Å². The minimum atomic E-state index is -0.147. The van der Waals surface area contributed by atoms with E-state index in [0.29, 0.717) is 11.5 Å². The van der Waals surface area contributed by atoms with Crippen LogP contribution in [0.3, 0.4) is 0 Å². The van der Waals surface area contributed by atoms with Gasteiger partial charge >= 0.3 is 5.63 Å². The number of aryl methyl sites for hydroxylation is 2. The topological polar surface area (TPSA) is 39.4 Å². The molecule has 2 atom stereocenters. The van der Waals surface area contributed by atoms with E-state index in [-0.39, 0.29) is 11.2 Å². The van der Waals surface area contributed by atoms with E-state index in [4.69, 9.17) is 9.15 Å². The minimum Gasteiger partial charge on any atom is -0.487 e. The van der Waals surface area contributed by atoms with Gasteiger partial charge in [-0.25, -0.2) is 4.79 Å². The second kappa shape index (κ2) is 5.11. The Bertz CT molecular complexity index is 879. The first kappa shape index (κ1) is 14.6. The molecule has 24 heavy (non-hydrogen) atoms. The maximum absolute atomic E-state index is 12.2. The van der Waals surface area contributed by atoms with Gasteiger partial charge in [-0.2, -0.15) is 0 Å². The van der Waals surface area contributed by atoms with Gasteiger partial charge in [0, 0.05) is 17.0 Å². The second-order valence-electron chi connectivity index (χ2n) is 7.97. The molecule has 126 valence electrons. The molecule has 1 aromatic carbocycles. The van der Waals surface area contributed by atoms with Crippen molar-refractivity contribution in [2.24, 2.45) is 5.92 Å². The van der Waals surface area contributed by atoms with Crippen LogP contribution in [0.4, 0.5) is 0 Å². The number of hydrogen-bond acceptors (Lipinski definition) is 3. The van der Waals surface area contributed by atoms with Crippen LogP contribution in [-0.2, 0) is 19.3 Å². The van der Waals surface area contributed by atoms with Crippen LogP contribution in [0, 0.1) is 5.92 Å². The van der Waals surface area contributed by atoms with Crippen LogP contribution in [0.5, 0.6) is 5.75 Å². The summed E-state index contributed by atoms with van der Waals surface area (Å²) in [5, 5.41) is 1.14. The highest BCUT2D eigenvalue weighted by atomic mass is 16.5. The summed E-state index contributed by atoms with van der Waals surface area (Å²) in [5.74, 6) is 1.55. The largest absolute Gasteiger partial charge is 0.487 e. The molecule has 5 rings (SSSR count). The quantitative estimate of drug-likeness (QED) is 0.667. The average Bonchev–Trinajstić information content (AvgIpc) is 3.07. The molecule has 3 aliphatic rings. The van der Waals surface area contributed by atoms with Crippen molar-refractivity contribution in [3.63, 3.8) is 0 Å². The first-order valence-electron chi connectivity index (χ1n) is 9.47. The van der Waals surface area contributed by atoms with E-state index < -0.39 is 0 Å². The lowest BCUT2D eigenvalue weighted by Gasteiger charge is -2.46. The lowest BCUT2D eigenvalue weighted by Crippen LogP contribution is -2.47. The van der Waals surface area contributed by atoms with Crippen LogP contribution < -0.4 is 10.4 Å². The van der Waals surface area contributed by atoms with Crippen LogP contribution in [0.1, 0.15) is 62.1 Å². The third kappa shape index (κ3) is 2.00. The Labute approximate surface area is 142 Å². The molecule has 0 radical (unpaired) electrons. The van der Waals surface area contributed by atoms with E-state index in [2.05, 4.69) is 13.0 Å². The summed E-state index contributed by atoms with van der Waals surface area (Å²) in [6.45, 7) is 2.33. The molecule has 2 aliphatic carbocycles. The third-order valence-electron chi connectivity index (χ3n) is 6.67. The molecule has 0 unspecified atom stereocenters. The first-order chi connectivity index (χ1) is 11.7. The van der Waals surface area contributed by atoms with Gasteiger partial charge in [0.2, 0.25) is 0 Å². The maximum Gasteiger partial charge on any atom is 0.339 e. The molecule has 2 aromatic rings. The SMILES string of the molecule is C[C@H]1CCCC[C@]12CCc1cc3c4c(c(=O)oc3cc1O2)CCC4. The summed E-state index contributed by atoms with van der Waals surface area (Å²) < 4.78 is 12.2. The van der Waals surface area contributed by atoms with Gasteiger partial charge in [0.15, 0.2) is 0 Å². The van der Waals surface area contributed by atoms with Crippen LogP contribution in [-0.4, -0.2) is 5.60 Å². The molecule has 0 N–H and O–H groups in total. The molecule has 3 nitrogen and oxygen atoms in total. The zero-order chi connectivity index (χ0) is 16.3. The Morgan fingerprint density at radius 3 is 2.79 bits per heavy atom. The zero-order valence-corrected chi connectivity index (χ0v) is 14.3. The Balaban J connectivity index is 1.64. The molecule has 3 heteroatoms. The van der Waals surface area contributed by atoms with E-state index in [0.717, 1.165) is 55.2 Å². The Morgan fingerprint density at radius 2 is 1.92 bits per heavy atom. The highest BCUT2D eigenvalue weighted by Crippen LogP contribution is 2.46. The van der Waals surface area contributed by atoms with Gasteiger partial charge < -0.3 is 9.15 Å². The smallest absolute Gasteiger partial charge is 0.339 e. The molecule has 2 heterocycles. The fraction of sp³-hybridized carbons (Fsp3) is 0.571. The molecular weight excluding hydrogens is 300 g/mol. The van der Waals surface area contributed by atoms with Gasteiger partial charge in [-0.1, -0.05) is 13.3 Å². The standard InChI is InChI=1S/C21H24O3/c1-13-5-2-3-9-21(13)10-8-14-11-17-15-6-4-7-16(15)20(22)23-19(17)12-18(14)24-21/h11-13H,2-10H2,1H3/t13-,21-/m0/s1. The van der Waals surface area contributed by atoms with E-state index in [9.17, 15) is 4.79 Å². The molecule has 0 saturated heterocycles. The van der Waals surface area contributed by atoms with Crippen molar-refractivity contribution in [2.45, 2.75) is 70.3 Å². The van der Waals surface area contributed by atoms with Crippen LogP contribution in [0.15, 0.2) is 21.3 Å². The van der Waals surface area contributed by atoms with Crippen LogP contribution in [0.25, 0.3) is 11.0 Å². The van der Waals surface area contributed by atoms with Gasteiger partial charge in [0.1, 0.15) is 16.9 Å². The summed E-state index contributed by atoms with van der Waals surface area (Å²) in [5.41, 5.74) is 3.96. The average molecular weight is 324 g/mol. The first-order valence-corrected chi connectivity index (χ1v) is 9.47. The summed E-state index contributed by atoms with van der Waals surface area (Å²) >= 11 is 0. The molecular formula is C21H24O3. The van der Waals surface area contributed by atoms with E-state index in [1.54, 1.807) is 0 Å². The molecule has 0 bridgehead atoms. The van der Waals surface area contributed by atoms with E-state index >= 15 is 0 Å². The predicted molar refractivity (Wildman–Crippen MR) is 93.8 cm³/mol. The van der Waals surface area contributed by atoms with Crippen molar-refractivity contribution in [1.82, 2.24) is 0 Å². The lowest BCUT2D eigenvalue weighted by molar-refractivity contribution is -0.0331. The van der Waals surface area contributed by atoms with Crippen molar-refractivity contribution >= 4 is 11.0 Å². The fourth-order valence-corrected chi connectivity index (χ4v) is 5.17. The van der Waals surface area contributed by atoms with Crippen LogP contribution in [0.2, 0.25) is 0 Å². The van der Waals surface area contributed by atoms with Crippen molar-refractivity contribution in [3.05, 3.63) is 39.2 Å². The Hall–Kier alpha value is -1.77. The molecule has 1 saturated carbocycles. The third-order valence-corrected chi connectivity index (χ3v) is 6.67. The van der Waals surface area contributed by atoms with Gasteiger partial charge in [-0.3, -0.25) is 0 Å². The zero-order valence-electron chi connectivity index (χ0n) is 14.3. The van der Waals surface area contributed by atoms with Gasteiger partial charge in [-0.05, 0) is 74.5 Å². The van der Waals surface area contributed by atoms with Crippen molar-refractivity contribution < 1.29 is 9.15 Å². The van der Waals surface area contributed by atoms with Gasteiger partial charge in [-0.15, -0.1) is 0 Å². The van der Waals surface area contributed by atoms with Gasteiger partial charge in [0.25, 0.3) is 0 Å². The van der Waals surface area contributed by atoms with E-state index in [1.165, 1.54) is 30.4 Å². The summed E-state index contributed by atoms with van der Waals surface area (Å²) in [4.78, 5) is 12.2. The maximum atomic E-state index is 12.2. The Morgan fingerprint density at radius 1 is 1.04 bits per heavy atom. The highest BCUT2D eigenvalue weighted by Gasteiger charge is 2.43. The molecule has 1 aromatic heterocycles. The lowest BCUT2D eigenvalue weighted by atomic mass is 9.72. The minimum absolute atomic E-state index is 0.00402. The van der Waals surface area contributed by atoms with Crippen molar-refractivity contribution in [2.75, 3.05) is 0 Å². The highest BCUT2D eigenvalue weighted by molar-refractivity contribution is 5.84. The molecule has 1 fully saturated rings. The van der Waals surface area contributed by atoms with Crippen LogP contribution >= 0.6 is 0 Å². The fourth-order valence-electron chi connectivity index (χ4n) is 5.17. The summed E-state index contributed by atoms with van der Waals surface area (Å²) in [6, 6.07) is 4.23. The molecule has 1 spiro atoms. The number of rotatable bonds is 0. The normalized spacial score (nSPS) is 28.6. The second-order valence-corrected chi connectivity index (χ2v) is 7.97. The summed E-state index contributed by atoms with van der Waals surface area (Å²) in [6.07, 6.45) is 10.1. The Kier molecular flexibility index (Phi) is 3.10. The number of benzene rings is 1. The number of hydrogen-bond donors (Lipinski definition) is 0. The molecule has 1 aliphatic heterocycles. The number of fused-ring (bicyclic) bond motifs is 4. The summed E-state index contributed by atoms with van der Waals surface area (Å²) in [7, 11) is 0.